The van der Waals surface area contributed by atoms with E-state index < -0.39 is 0 Å². The first-order valence-electron chi connectivity index (χ1n) is 7.60. The fraction of sp³-hybridized carbons (Fsp3) is 0.562. The molecule has 1 saturated heterocycles. The number of halogens is 1. The minimum Gasteiger partial charge on any atom is -0.385 e. The third-order valence-electron chi connectivity index (χ3n) is 4.00. The zero-order chi connectivity index (χ0) is 15.2. The number of likely N-dealkylation sites (N-methyl/N-ethyl adjacent to an activating group) is 1. The Hall–Kier alpha value is -1.07. The number of anilines is 1. The average molecular weight is 354 g/mol. The summed E-state index contributed by atoms with van der Waals surface area (Å²) >= 11 is 3.49. The van der Waals surface area contributed by atoms with E-state index in [-0.39, 0.29) is 5.91 Å². The minimum atomic E-state index is 0.257. The van der Waals surface area contributed by atoms with Gasteiger partial charge >= 0.3 is 0 Å². The Morgan fingerprint density at radius 3 is 2.62 bits per heavy atom. The molecule has 1 heterocycles. The number of carbonyl (C=O) groups is 1. The molecule has 0 radical (unpaired) electrons. The highest BCUT2D eigenvalue weighted by atomic mass is 79.9. The lowest BCUT2D eigenvalue weighted by Gasteiger charge is -2.34. The summed E-state index contributed by atoms with van der Waals surface area (Å²) in [6.07, 6.45) is 0.557. The number of benzene rings is 1. The van der Waals surface area contributed by atoms with Gasteiger partial charge in [-0.15, -0.1) is 0 Å². The van der Waals surface area contributed by atoms with Gasteiger partial charge in [0.05, 0.1) is 0 Å². The SMILES string of the molecule is CCN1CCN(C(=O)CCNc2ccc(Br)c(C)c2)CC1. The van der Waals surface area contributed by atoms with Crippen molar-refractivity contribution in [3.8, 4) is 0 Å². The van der Waals surface area contributed by atoms with Crippen LogP contribution < -0.4 is 5.32 Å². The molecule has 1 aromatic carbocycles. The fourth-order valence-electron chi connectivity index (χ4n) is 2.54. The molecule has 0 unspecified atom stereocenters. The molecular formula is C16H24BrN3O. The van der Waals surface area contributed by atoms with Gasteiger partial charge in [-0.1, -0.05) is 22.9 Å². The predicted molar refractivity (Wildman–Crippen MR) is 90.7 cm³/mol. The van der Waals surface area contributed by atoms with Gasteiger partial charge in [-0.05, 0) is 37.2 Å². The third-order valence-corrected chi connectivity index (χ3v) is 4.89. The largest absolute Gasteiger partial charge is 0.385 e. The van der Waals surface area contributed by atoms with Crippen molar-refractivity contribution in [2.45, 2.75) is 20.3 Å². The van der Waals surface area contributed by atoms with Crippen LogP contribution in [0.3, 0.4) is 0 Å². The highest BCUT2D eigenvalue weighted by molar-refractivity contribution is 9.10. The Morgan fingerprint density at radius 2 is 2.00 bits per heavy atom. The molecule has 0 atom stereocenters. The van der Waals surface area contributed by atoms with E-state index in [4.69, 9.17) is 0 Å². The summed E-state index contributed by atoms with van der Waals surface area (Å²) in [5.74, 6) is 0.257. The molecule has 0 aliphatic carbocycles. The van der Waals surface area contributed by atoms with E-state index in [1.165, 1.54) is 5.56 Å². The molecule has 1 amide bonds. The number of hydrogen-bond acceptors (Lipinski definition) is 3. The first-order chi connectivity index (χ1) is 10.1. The van der Waals surface area contributed by atoms with Crippen LogP contribution in [0.2, 0.25) is 0 Å². The van der Waals surface area contributed by atoms with E-state index in [1.54, 1.807) is 0 Å². The predicted octanol–water partition coefficient (Wildman–Crippen LogP) is 2.72. The molecule has 4 nitrogen and oxygen atoms in total. The number of hydrogen-bond donors (Lipinski definition) is 1. The van der Waals surface area contributed by atoms with E-state index in [1.807, 2.05) is 17.0 Å². The van der Waals surface area contributed by atoms with Crippen LogP contribution in [-0.2, 0) is 4.79 Å². The van der Waals surface area contributed by atoms with E-state index in [9.17, 15) is 4.79 Å². The first kappa shape index (κ1) is 16.3. The molecular weight excluding hydrogens is 330 g/mol. The number of rotatable bonds is 5. The maximum absolute atomic E-state index is 12.2. The lowest BCUT2D eigenvalue weighted by atomic mass is 10.2. The van der Waals surface area contributed by atoms with Crippen LogP contribution in [0.4, 0.5) is 5.69 Å². The maximum Gasteiger partial charge on any atom is 0.224 e. The third kappa shape index (κ3) is 4.71. The van der Waals surface area contributed by atoms with Crippen molar-refractivity contribution in [1.82, 2.24) is 9.80 Å². The monoisotopic (exact) mass is 353 g/mol. The van der Waals surface area contributed by atoms with Crippen LogP contribution >= 0.6 is 15.9 Å². The van der Waals surface area contributed by atoms with Crippen molar-refractivity contribution in [1.29, 1.82) is 0 Å². The average Bonchev–Trinajstić information content (AvgIpc) is 2.51. The van der Waals surface area contributed by atoms with E-state index in [2.05, 4.69) is 46.1 Å². The highest BCUT2D eigenvalue weighted by Crippen LogP contribution is 2.19. The molecule has 1 aliphatic rings. The van der Waals surface area contributed by atoms with Crippen molar-refractivity contribution in [2.75, 3.05) is 44.6 Å². The number of amides is 1. The first-order valence-corrected chi connectivity index (χ1v) is 8.39. The van der Waals surface area contributed by atoms with Crippen LogP contribution in [0, 0.1) is 6.92 Å². The van der Waals surface area contributed by atoms with Gasteiger partial charge in [-0.3, -0.25) is 4.79 Å². The molecule has 21 heavy (non-hydrogen) atoms. The number of carbonyl (C=O) groups excluding carboxylic acids is 1. The summed E-state index contributed by atoms with van der Waals surface area (Å²) in [5, 5.41) is 3.32. The zero-order valence-corrected chi connectivity index (χ0v) is 14.4. The van der Waals surface area contributed by atoms with Crippen molar-refractivity contribution < 1.29 is 4.79 Å². The molecule has 0 bridgehead atoms. The van der Waals surface area contributed by atoms with Gasteiger partial charge in [-0.25, -0.2) is 0 Å². The lowest BCUT2D eigenvalue weighted by molar-refractivity contribution is -0.132. The Labute approximate surface area is 135 Å². The van der Waals surface area contributed by atoms with Crippen molar-refractivity contribution in [3.05, 3.63) is 28.2 Å². The van der Waals surface area contributed by atoms with Crippen LogP contribution in [0.25, 0.3) is 0 Å². The van der Waals surface area contributed by atoms with Gasteiger partial charge in [0.1, 0.15) is 0 Å². The summed E-state index contributed by atoms with van der Waals surface area (Å²) in [6, 6.07) is 6.15. The maximum atomic E-state index is 12.2. The standard InChI is InChI=1S/C16H24BrN3O/c1-3-19-8-10-20(11-9-19)16(21)6-7-18-14-4-5-15(17)13(2)12-14/h4-5,12,18H,3,6-11H2,1-2H3. The van der Waals surface area contributed by atoms with Gasteiger partial charge in [0.25, 0.3) is 0 Å². The molecule has 2 rings (SSSR count). The van der Waals surface area contributed by atoms with Crippen molar-refractivity contribution in [3.63, 3.8) is 0 Å². The highest BCUT2D eigenvalue weighted by Gasteiger charge is 2.19. The Kier molecular flexibility index (Phi) is 6.06. The topological polar surface area (TPSA) is 35.6 Å². The summed E-state index contributed by atoms with van der Waals surface area (Å²) in [4.78, 5) is 16.5. The molecule has 1 aromatic rings. The van der Waals surface area contributed by atoms with Gasteiger partial charge in [0, 0.05) is 49.3 Å². The molecule has 0 saturated carbocycles. The quantitative estimate of drug-likeness (QED) is 0.883. The van der Waals surface area contributed by atoms with Crippen LogP contribution in [0.5, 0.6) is 0 Å². The summed E-state index contributed by atoms with van der Waals surface area (Å²) in [5.41, 5.74) is 2.27. The fourth-order valence-corrected chi connectivity index (χ4v) is 2.79. The van der Waals surface area contributed by atoms with E-state index in [0.717, 1.165) is 42.9 Å². The number of piperazine rings is 1. The molecule has 1 aliphatic heterocycles. The Morgan fingerprint density at radius 1 is 1.29 bits per heavy atom. The van der Waals surface area contributed by atoms with Gasteiger partial charge in [0.2, 0.25) is 5.91 Å². The number of nitrogens with one attached hydrogen (secondary N) is 1. The van der Waals surface area contributed by atoms with E-state index >= 15 is 0 Å². The number of aryl methyl sites for hydroxylation is 1. The second-order valence-corrected chi connectivity index (χ2v) is 6.31. The Balaban J connectivity index is 1.73. The normalized spacial score (nSPS) is 16.0. The smallest absolute Gasteiger partial charge is 0.224 e. The zero-order valence-electron chi connectivity index (χ0n) is 12.9. The second-order valence-electron chi connectivity index (χ2n) is 5.46. The summed E-state index contributed by atoms with van der Waals surface area (Å²) in [7, 11) is 0. The number of nitrogens with zero attached hydrogens (tertiary/aromatic N) is 2. The second kappa shape index (κ2) is 7.80. The lowest BCUT2D eigenvalue weighted by Crippen LogP contribution is -2.48. The summed E-state index contributed by atoms with van der Waals surface area (Å²) in [6.45, 7) is 9.73. The van der Waals surface area contributed by atoms with Crippen LogP contribution in [0.1, 0.15) is 18.9 Å². The van der Waals surface area contributed by atoms with Crippen molar-refractivity contribution in [2.24, 2.45) is 0 Å². The molecule has 116 valence electrons. The molecule has 0 aromatic heterocycles. The van der Waals surface area contributed by atoms with Gasteiger partial charge in [0.15, 0.2) is 0 Å². The molecule has 0 spiro atoms. The van der Waals surface area contributed by atoms with Gasteiger partial charge < -0.3 is 15.1 Å². The van der Waals surface area contributed by atoms with Crippen LogP contribution in [0.15, 0.2) is 22.7 Å². The minimum absolute atomic E-state index is 0.257. The van der Waals surface area contributed by atoms with Crippen LogP contribution in [-0.4, -0.2) is 55.0 Å². The Bertz CT molecular complexity index is 484. The molecule has 1 fully saturated rings. The molecule has 1 N–H and O–H groups in total. The summed E-state index contributed by atoms with van der Waals surface area (Å²) < 4.78 is 1.11. The van der Waals surface area contributed by atoms with Crippen molar-refractivity contribution >= 4 is 27.5 Å². The van der Waals surface area contributed by atoms with Gasteiger partial charge in [-0.2, -0.15) is 0 Å². The van der Waals surface area contributed by atoms with E-state index in [0.29, 0.717) is 13.0 Å². The molecule has 5 heteroatoms.